The average Bonchev–Trinajstić information content (AvgIpc) is 2.21. The van der Waals surface area contributed by atoms with Gasteiger partial charge in [0.2, 0.25) is 5.91 Å². The van der Waals surface area contributed by atoms with E-state index >= 15 is 0 Å². The zero-order chi connectivity index (χ0) is 11.5. The summed E-state index contributed by atoms with van der Waals surface area (Å²) in [6.45, 7) is 4.38. The SMILES string of the molecule is CCCCCCC(CCCCC)C(N)=O. The second kappa shape index (κ2) is 10.0. The summed E-state index contributed by atoms with van der Waals surface area (Å²) < 4.78 is 0. The Morgan fingerprint density at radius 2 is 1.40 bits per heavy atom. The minimum absolute atomic E-state index is 0.0948. The molecule has 1 amide bonds. The van der Waals surface area contributed by atoms with Crippen LogP contribution in [0.5, 0.6) is 0 Å². The number of carbonyl (C=O) groups is 1. The van der Waals surface area contributed by atoms with Gasteiger partial charge in [-0.3, -0.25) is 4.79 Å². The summed E-state index contributed by atoms with van der Waals surface area (Å²) in [5.41, 5.74) is 5.39. The Kier molecular flexibility index (Phi) is 9.65. The first-order valence-electron chi connectivity index (χ1n) is 6.51. The number of nitrogens with two attached hydrogens (primary N) is 1. The Hall–Kier alpha value is -0.530. The minimum Gasteiger partial charge on any atom is -0.369 e. The molecule has 0 heterocycles. The molecule has 2 nitrogen and oxygen atoms in total. The molecule has 0 aromatic heterocycles. The number of rotatable bonds is 10. The molecule has 0 aliphatic carbocycles. The largest absolute Gasteiger partial charge is 0.369 e. The van der Waals surface area contributed by atoms with Crippen LogP contribution in [0.1, 0.15) is 71.6 Å². The van der Waals surface area contributed by atoms with Crippen molar-refractivity contribution >= 4 is 5.91 Å². The van der Waals surface area contributed by atoms with Crippen molar-refractivity contribution in [1.82, 2.24) is 0 Å². The highest BCUT2D eigenvalue weighted by Gasteiger charge is 2.13. The Labute approximate surface area is 94.6 Å². The van der Waals surface area contributed by atoms with Crippen LogP contribution in [0.15, 0.2) is 0 Å². The van der Waals surface area contributed by atoms with Crippen LogP contribution in [0, 0.1) is 5.92 Å². The van der Waals surface area contributed by atoms with Gasteiger partial charge < -0.3 is 5.73 Å². The van der Waals surface area contributed by atoms with Crippen LogP contribution in [-0.4, -0.2) is 5.91 Å². The van der Waals surface area contributed by atoms with Crippen LogP contribution >= 0.6 is 0 Å². The zero-order valence-corrected chi connectivity index (χ0v) is 10.4. The number of carbonyl (C=O) groups excluding carboxylic acids is 1. The van der Waals surface area contributed by atoms with Crippen molar-refractivity contribution < 1.29 is 4.79 Å². The number of hydrogen-bond acceptors (Lipinski definition) is 1. The quantitative estimate of drug-likeness (QED) is 0.553. The maximum absolute atomic E-state index is 11.2. The predicted octanol–water partition coefficient (Wildman–Crippen LogP) is 3.64. The highest BCUT2D eigenvalue weighted by atomic mass is 16.1. The molecule has 0 spiro atoms. The second-order valence-corrected chi connectivity index (χ2v) is 4.44. The Morgan fingerprint density at radius 3 is 1.87 bits per heavy atom. The van der Waals surface area contributed by atoms with Gasteiger partial charge in [0, 0.05) is 5.92 Å². The highest BCUT2D eigenvalue weighted by Crippen LogP contribution is 2.17. The Balaban J connectivity index is 3.59. The normalized spacial score (nSPS) is 12.7. The number of hydrogen-bond donors (Lipinski definition) is 1. The van der Waals surface area contributed by atoms with Gasteiger partial charge in [0.1, 0.15) is 0 Å². The van der Waals surface area contributed by atoms with Crippen molar-refractivity contribution in [3.05, 3.63) is 0 Å². The Morgan fingerprint density at radius 1 is 0.933 bits per heavy atom. The molecule has 15 heavy (non-hydrogen) atoms. The van der Waals surface area contributed by atoms with Crippen LogP contribution in [-0.2, 0) is 4.79 Å². The molecule has 0 aromatic carbocycles. The standard InChI is InChI=1S/C13H27NO/c1-3-5-7-9-11-12(13(14)15)10-8-6-4-2/h12H,3-11H2,1-2H3,(H2,14,15). The van der Waals surface area contributed by atoms with E-state index in [9.17, 15) is 4.79 Å². The molecule has 2 N–H and O–H groups in total. The highest BCUT2D eigenvalue weighted by molar-refractivity contribution is 5.76. The second-order valence-electron chi connectivity index (χ2n) is 4.44. The van der Waals surface area contributed by atoms with Crippen LogP contribution in [0.3, 0.4) is 0 Å². The van der Waals surface area contributed by atoms with E-state index < -0.39 is 0 Å². The lowest BCUT2D eigenvalue weighted by Crippen LogP contribution is -2.23. The third-order valence-corrected chi connectivity index (χ3v) is 2.96. The van der Waals surface area contributed by atoms with Crippen molar-refractivity contribution in [3.63, 3.8) is 0 Å². The number of primary amides is 1. The van der Waals surface area contributed by atoms with E-state index in [0.29, 0.717) is 0 Å². The number of amides is 1. The van der Waals surface area contributed by atoms with Crippen LogP contribution in [0.2, 0.25) is 0 Å². The summed E-state index contributed by atoms with van der Waals surface area (Å²) >= 11 is 0. The lowest BCUT2D eigenvalue weighted by atomic mass is 9.94. The monoisotopic (exact) mass is 213 g/mol. The molecule has 0 saturated carbocycles. The molecular formula is C13H27NO. The smallest absolute Gasteiger partial charge is 0.220 e. The van der Waals surface area contributed by atoms with Crippen LogP contribution in [0.4, 0.5) is 0 Å². The van der Waals surface area contributed by atoms with Crippen molar-refractivity contribution in [3.8, 4) is 0 Å². The lowest BCUT2D eigenvalue weighted by Gasteiger charge is -2.12. The van der Waals surface area contributed by atoms with Crippen LogP contribution < -0.4 is 5.73 Å². The van der Waals surface area contributed by atoms with E-state index in [0.717, 1.165) is 25.7 Å². The third kappa shape index (κ3) is 8.46. The van der Waals surface area contributed by atoms with Gasteiger partial charge in [-0.25, -0.2) is 0 Å². The molecule has 0 radical (unpaired) electrons. The summed E-state index contributed by atoms with van der Waals surface area (Å²) in [5, 5.41) is 0. The van der Waals surface area contributed by atoms with E-state index in [1.54, 1.807) is 0 Å². The molecule has 90 valence electrons. The summed E-state index contributed by atoms with van der Waals surface area (Å²) in [6.07, 6.45) is 10.5. The van der Waals surface area contributed by atoms with E-state index in [-0.39, 0.29) is 11.8 Å². The molecule has 0 bridgehead atoms. The molecule has 1 atom stereocenters. The lowest BCUT2D eigenvalue weighted by molar-refractivity contribution is -0.122. The van der Waals surface area contributed by atoms with Gasteiger partial charge in [-0.05, 0) is 12.8 Å². The van der Waals surface area contributed by atoms with Crippen LogP contribution in [0.25, 0.3) is 0 Å². The van der Waals surface area contributed by atoms with Crippen molar-refractivity contribution in [1.29, 1.82) is 0 Å². The van der Waals surface area contributed by atoms with Crippen molar-refractivity contribution in [2.45, 2.75) is 71.6 Å². The fraction of sp³-hybridized carbons (Fsp3) is 0.923. The van der Waals surface area contributed by atoms with Gasteiger partial charge in [0.25, 0.3) is 0 Å². The summed E-state index contributed by atoms with van der Waals surface area (Å²) in [4.78, 5) is 11.2. The zero-order valence-electron chi connectivity index (χ0n) is 10.4. The van der Waals surface area contributed by atoms with E-state index in [1.165, 1.54) is 32.1 Å². The first kappa shape index (κ1) is 14.5. The molecular weight excluding hydrogens is 186 g/mol. The molecule has 1 unspecified atom stereocenters. The first-order valence-corrected chi connectivity index (χ1v) is 6.51. The van der Waals surface area contributed by atoms with E-state index in [4.69, 9.17) is 5.73 Å². The molecule has 0 fully saturated rings. The molecule has 0 saturated heterocycles. The van der Waals surface area contributed by atoms with Crippen molar-refractivity contribution in [2.24, 2.45) is 11.7 Å². The minimum atomic E-state index is -0.0948. The maximum Gasteiger partial charge on any atom is 0.220 e. The fourth-order valence-electron chi connectivity index (χ4n) is 1.89. The average molecular weight is 213 g/mol. The first-order chi connectivity index (χ1) is 7.22. The molecule has 0 aliphatic heterocycles. The topological polar surface area (TPSA) is 43.1 Å². The molecule has 0 aromatic rings. The Bertz CT molecular complexity index is 157. The predicted molar refractivity (Wildman–Crippen MR) is 65.6 cm³/mol. The fourth-order valence-corrected chi connectivity index (χ4v) is 1.89. The summed E-state index contributed by atoms with van der Waals surface area (Å²) in [5.74, 6) is 0.0380. The van der Waals surface area contributed by atoms with Gasteiger partial charge >= 0.3 is 0 Å². The summed E-state index contributed by atoms with van der Waals surface area (Å²) in [7, 11) is 0. The van der Waals surface area contributed by atoms with E-state index in [2.05, 4.69) is 13.8 Å². The van der Waals surface area contributed by atoms with Gasteiger partial charge in [-0.1, -0.05) is 58.8 Å². The number of unbranched alkanes of at least 4 members (excludes halogenated alkanes) is 5. The van der Waals surface area contributed by atoms with Gasteiger partial charge in [0.05, 0.1) is 0 Å². The molecule has 0 aliphatic rings. The summed E-state index contributed by atoms with van der Waals surface area (Å²) in [6, 6.07) is 0. The van der Waals surface area contributed by atoms with Crippen molar-refractivity contribution in [2.75, 3.05) is 0 Å². The van der Waals surface area contributed by atoms with Gasteiger partial charge in [-0.15, -0.1) is 0 Å². The van der Waals surface area contributed by atoms with Gasteiger partial charge in [0.15, 0.2) is 0 Å². The molecule has 0 rings (SSSR count). The maximum atomic E-state index is 11.2. The third-order valence-electron chi connectivity index (χ3n) is 2.96. The van der Waals surface area contributed by atoms with Gasteiger partial charge in [-0.2, -0.15) is 0 Å². The molecule has 2 heteroatoms. The van der Waals surface area contributed by atoms with E-state index in [1.807, 2.05) is 0 Å².